The second-order valence-electron chi connectivity index (χ2n) is 4.25. The van der Waals surface area contributed by atoms with Gasteiger partial charge in [0.15, 0.2) is 0 Å². The second kappa shape index (κ2) is 4.39. The van der Waals surface area contributed by atoms with Crippen LogP contribution in [0.5, 0.6) is 0 Å². The van der Waals surface area contributed by atoms with Gasteiger partial charge in [-0.25, -0.2) is 0 Å². The van der Waals surface area contributed by atoms with E-state index in [9.17, 15) is 4.79 Å². The van der Waals surface area contributed by atoms with E-state index in [1.807, 2.05) is 24.3 Å². The van der Waals surface area contributed by atoms with Crippen LogP contribution in [0.3, 0.4) is 0 Å². The summed E-state index contributed by atoms with van der Waals surface area (Å²) in [5.74, 6) is 0.150. The molecular weight excluding hydrogens is 296 g/mol. The average molecular weight is 307 g/mol. The molecule has 1 heterocycles. The number of carbonyl (C=O) groups excluding carboxylic acids is 1. The van der Waals surface area contributed by atoms with Gasteiger partial charge in [0.25, 0.3) is 0 Å². The van der Waals surface area contributed by atoms with Gasteiger partial charge in [0.05, 0.1) is 4.88 Å². The lowest BCUT2D eigenvalue weighted by Crippen LogP contribution is -1.98. The Kier molecular flexibility index (Phi) is 2.89. The van der Waals surface area contributed by atoms with Gasteiger partial charge in [-0.2, -0.15) is 0 Å². The van der Waals surface area contributed by atoms with Crippen molar-refractivity contribution in [2.45, 2.75) is 19.3 Å². The van der Waals surface area contributed by atoms with Gasteiger partial charge in [-0.1, -0.05) is 15.9 Å². The molecule has 0 bridgehead atoms. The highest BCUT2D eigenvalue weighted by Gasteiger charge is 2.19. The van der Waals surface area contributed by atoms with Crippen LogP contribution in [-0.2, 0) is 12.8 Å². The molecule has 0 radical (unpaired) electrons. The summed E-state index contributed by atoms with van der Waals surface area (Å²) in [5.41, 5.74) is 2.16. The fourth-order valence-corrected chi connectivity index (χ4v) is 3.66. The molecule has 0 spiro atoms. The van der Waals surface area contributed by atoms with Crippen LogP contribution in [0.25, 0.3) is 0 Å². The lowest BCUT2D eigenvalue weighted by molar-refractivity contribution is 0.104. The van der Waals surface area contributed by atoms with Gasteiger partial charge < -0.3 is 0 Å². The van der Waals surface area contributed by atoms with E-state index in [0.29, 0.717) is 0 Å². The number of ketones is 1. The Morgan fingerprint density at radius 3 is 2.65 bits per heavy atom. The summed E-state index contributed by atoms with van der Waals surface area (Å²) in [7, 11) is 0. The molecule has 0 fully saturated rings. The molecule has 3 heteroatoms. The summed E-state index contributed by atoms with van der Waals surface area (Å²) in [6.45, 7) is 0. The van der Waals surface area contributed by atoms with E-state index in [1.165, 1.54) is 16.9 Å². The number of carbonyl (C=O) groups is 1. The minimum atomic E-state index is 0.150. The molecule has 0 atom stereocenters. The van der Waals surface area contributed by atoms with Gasteiger partial charge in [0.2, 0.25) is 5.78 Å². The predicted octanol–water partition coefficient (Wildman–Crippen LogP) is 4.23. The van der Waals surface area contributed by atoms with E-state index in [4.69, 9.17) is 0 Å². The standard InChI is InChI=1S/C14H11BrOS/c15-11-6-4-9(5-7-11)14(16)13-8-10-2-1-3-12(10)17-13/h4-8H,1-3H2. The Balaban J connectivity index is 1.93. The first-order valence-corrected chi connectivity index (χ1v) is 7.27. The van der Waals surface area contributed by atoms with E-state index in [1.54, 1.807) is 11.3 Å². The van der Waals surface area contributed by atoms with Crippen molar-refractivity contribution in [3.63, 3.8) is 0 Å². The highest BCUT2D eigenvalue weighted by atomic mass is 79.9. The van der Waals surface area contributed by atoms with Crippen LogP contribution in [0.2, 0.25) is 0 Å². The Hall–Kier alpha value is -0.930. The molecule has 0 aliphatic heterocycles. The third-order valence-corrected chi connectivity index (χ3v) is 4.84. The van der Waals surface area contributed by atoms with Crippen LogP contribution >= 0.6 is 27.3 Å². The molecule has 1 aliphatic carbocycles. The van der Waals surface area contributed by atoms with Gasteiger partial charge in [-0.15, -0.1) is 11.3 Å². The van der Waals surface area contributed by atoms with Crippen molar-refractivity contribution in [1.29, 1.82) is 0 Å². The normalized spacial score (nSPS) is 13.7. The fourth-order valence-electron chi connectivity index (χ4n) is 2.18. The Labute approximate surface area is 113 Å². The number of thiophene rings is 1. The zero-order valence-electron chi connectivity index (χ0n) is 9.20. The van der Waals surface area contributed by atoms with Crippen LogP contribution in [-0.4, -0.2) is 5.78 Å². The van der Waals surface area contributed by atoms with E-state index in [0.717, 1.165) is 27.8 Å². The number of rotatable bonds is 2. The minimum absolute atomic E-state index is 0.150. The van der Waals surface area contributed by atoms with Gasteiger partial charge in [0, 0.05) is 14.9 Å². The van der Waals surface area contributed by atoms with Crippen molar-refractivity contribution in [2.24, 2.45) is 0 Å². The summed E-state index contributed by atoms with van der Waals surface area (Å²) < 4.78 is 1.00. The molecule has 3 rings (SSSR count). The Morgan fingerprint density at radius 2 is 1.94 bits per heavy atom. The van der Waals surface area contributed by atoms with Crippen LogP contribution in [0.4, 0.5) is 0 Å². The smallest absolute Gasteiger partial charge is 0.202 e. The monoisotopic (exact) mass is 306 g/mol. The first kappa shape index (κ1) is 11.2. The predicted molar refractivity (Wildman–Crippen MR) is 73.9 cm³/mol. The second-order valence-corrected chi connectivity index (χ2v) is 6.30. The van der Waals surface area contributed by atoms with Crippen molar-refractivity contribution in [2.75, 3.05) is 0 Å². The lowest BCUT2D eigenvalue weighted by atomic mass is 10.1. The molecular formula is C14H11BrOS. The number of benzene rings is 1. The molecule has 1 aromatic carbocycles. The SMILES string of the molecule is O=C(c1ccc(Br)cc1)c1cc2c(s1)CCC2. The zero-order valence-corrected chi connectivity index (χ0v) is 11.6. The first-order chi connectivity index (χ1) is 8.24. The molecule has 17 heavy (non-hydrogen) atoms. The summed E-state index contributed by atoms with van der Waals surface area (Å²) in [6.07, 6.45) is 3.53. The molecule has 0 saturated heterocycles. The fraction of sp³-hybridized carbons (Fsp3) is 0.214. The van der Waals surface area contributed by atoms with Crippen molar-refractivity contribution >= 4 is 33.0 Å². The van der Waals surface area contributed by atoms with E-state index < -0.39 is 0 Å². The molecule has 0 saturated carbocycles. The molecule has 1 aliphatic rings. The Morgan fingerprint density at radius 1 is 1.18 bits per heavy atom. The molecule has 0 N–H and O–H groups in total. The van der Waals surface area contributed by atoms with Crippen LogP contribution in [0.15, 0.2) is 34.8 Å². The van der Waals surface area contributed by atoms with Crippen molar-refractivity contribution in [3.05, 3.63) is 55.7 Å². The lowest BCUT2D eigenvalue weighted by Gasteiger charge is -1.98. The van der Waals surface area contributed by atoms with Crippen molar-refractivity contribution in [3.8, 4) is 0 Å². The number of fused-ring (bicyclic) bond motifs is 1. The summed E-state index contributed by atoms with van der Waals surface area (Å²) in [6, 6.07) is 9.65. The molecule has 86 valence electrons. The maximum atomic E-state index is 12.3. The van der Waals surface area contributed by atoms with E-state index in [-0.39, 0.29) is 5.78 Å². The first-order valence-electron chi connectivity index (χ1n) is 5.66. The summed E-state index contributed by atoms with van der Waals surface area (Å²) in [4.78, 5) is 14.6. The number of aryl methyl sites for hydroxylation is 2. The van der Waals surface area contributed by atoms with E-state index in [2.05, 4.69) is 22.0 Å². The number of hydrogen-bond acceptors (Lipinski definition) is 2. The maximum Gasteiger partial charge on any atom is 0.202 e. The zero-order chi connectivity index (χ0) is 11.8. The molecule has 0 unspecified atom stereocenters. The molecule has 0 amide bonds. The van der Waals surface area contributed by atoms with Crippen molar-refractivity contribution in [1.82, 2.24) is 0 Å². The highest BCUT2D eigenvalue weighted by Crippen LogP contribution is 2.31. The number of hydrogen-bond donors (Lipinski definition) is 0. The van der Waals surface area contributed by atoms with Crippen LogP contribution in [0.1, 0.15) is 32.1 Å². The number of halogens is 1. The maximum absolute atomic E-state index is 12.3. The van der Waals surface area contributed by atoms with Crippen molar-refractivity contribution < 1.29 is 4.79 Å². The third-order valence-electron chi connectivity index (χ3n) is 3.08. The quantitative estimate of drug-likeness (QED) is 0.759. The Bertz CT molecular complexity index is 547. The molecule has 1 aromatic heterocycles. The molecule has 1 nitrogen and oxygen atoms in total. The van der Waals surface area contributed by atoms with Gasteiger partial charge in [-0.05, 0) is 55.2 Å². The largest absolute Gasteiger partial charge is 0.288 e. The highest BCUT2D eigenvalue weighted by molar-refractivity contribution is 9.10. The van der Waals surface area contributed by atoms with Gasteiger partial charge in [-0.3, -0.25) is 4.79 Å². The summed E-state index contributed by atoms with van der Waals surface area (Å²) in [5, 5.41) is 0. The van der Waals surface area contributed by atoms with Gasteiger partial charge in [0.1, 0.15) is 0 Å². The van der Waals surface area contributed by atoms with Gasteiger partial charge >= 0.3 is 0 Å². The topological polar surface area (TPSA) is 17.1 Å². The van der Waals surface area contributed by atoms with E-state index >= 15 is 0 Å². The molecule has 2 aromatic rings. The third kappa shape index (κ3) is 2.09. The average Bonchev–Trinajstić information content (AvgIpc) is 2.89. The minimum Gasteiger partial charge on any atom is -0.288 e. The van der Waals surface area contributed by atoms with Crippen LogP contribution < -0.4 is 0 Å². The van der Waals surface area contributed by atoms with Crippen LogP contribution in [0, 0.1) is 0 Å². The summed E-state index contributed by atoms with van der Waals surface area (Å²) >= 11 is 5.05.